The van der Waals surface area contributed by atoms with Gasteiger partial charge in [0.05, 0.1) is 6.61 Å². The maximum Gasteiger partial charge on any atom is 0.358 e. The van der Waals surface area contributed by atoms with Gasteiger partial charge in [-0.25, -0.2) is 4.79 Å². The first-order valence-electron chi connectivity index (χ1n) is 6.03. The minimum Gasteiger partial charge on any atom is -0.505 e. The van der Waals surface area contributed by atoms with Gasteiger partial charge < -0.3 is 14.8 Å². The van der Waals surface area contributed by atoms with E-state index in [1.165, 1.54) is 6.07 Å². The second kappa shape index (κ2) is 5.91. The predicted molar refractivity (Wildman–Crippen MR) is 73.8 cm³/mol. The van der Waals surface area contributed by atoms with Crippen molar-refractivity contribution in [2.24, 2.45) is 0 Å². The second-order valence-electron chi connectivity index (χ2n) is 3.95. The molecular weight excluding hydrogens is 242 g/mol. The highest BCUT2D eigenvalue weighted by Crippen LogP contribution is 2.20. The summed E-state index contributed by atoms with van der Waals surface area (Å²) < 4.78 is 4.83. The normalized spacial score (nSPS) is 10.8. The molecule has 4 nitrogen and oxygen atoms in total. The number of benzene rings is 1. The van der Waals surface area contributed by atoms with Crippen LogP contribution in [0.15, 0.2) is 36.4 Å². The molecule has 0 saturated heterocycles. The summed E-state index contributed by atoms with van der Waals surface area (Å²) in [7, 11) is 0. The lowest BCUT2D eigenvalue weighted by Crippen LogP contribution is -2.05. The molecule has 0 aliphatic rings. The third-order valence-corrected chi connectivity index (χ3v) is 2.55. The van der Waals surface area contributed by atoms with Gasteiger partial charge in [-0.1, -0.05) is 36.4 Å². The Bertz CT molecular complexity index is 585. The van der Waals surface area contributed by atoms with Crippen molar-refractivity contribution in [3.8, 4) is 5.75 Å². The number of hydrogen-bond donors (Lipinski definition) is 2. The van der Waals surface area contributed by atoms with Crippen LogP contribution in [-0.4, -0.2) is 22.7 Å². The second-order valence-corrected chi connectivity index (χ2v) is 3.95. The van der Waals surface area contributed by atoms with Gasteiger partial charge in [-0.2, -0.15) is 0 Å². The van der Waals surface area contributed by atoms with Gasteiger partial charge in [-0.15, -0.1) is 0 Å². The number of rotatable bonds is 4. The zero-order valence-electron chi connectivity index (χ0n) is 10.6. The fourth-order valence-corrected chi connectivity index (χ4v) is 1.66. The quantitative estimate of drug-likeness (QED) is 0.827. The Labute approximate surface area is 111 Å². The molecule has 1 aromatic carbocycles. The standard InChI is InChI=1S/C15H15NO3/c1-2-19-15(18)14-13(17)10-12(16-14)9-8-11-6-4-3-5-7-11/h3-10,16-17H,2H2,1H3/b9-8+. The first-order chi connectivity index (χ1) is 9.20. The number of aromatic amines is 1. The number of ether oxygens (including phenoxy) is 1. The minimum absolute atomic E-state index is 0.0783. The van der Waals surface area contributed by atoms with E-state index in [2.05, 4.69) is 4.98 Å². The maximum atomic E-state index is 11.5. The van der Waals surface area contributed by atoms with Gasteiger partial charge in [-0.05, 0) is 18.6 Å². The van der Waals surface area contributed by atoms with Crippen molar-refractivity contribution < 1.29 is 14.6 Å². The van der Waals surface area contributed by atoms with Crippen molar-refractivity contribution in [2.75, 3.05) is 6.61 Å². The maximum absolute atomic E-state index is 11.5. The molecule has 0 saturated carbocycles. The molecule has 2 aromatic rings. The van der Waals surface area contributed by atoms with Crippen LogP contribution in [0.3, 0.4) is 0 Å². The molecule has 0 fully saturated rings. The lowest BCUT2D eigenvalue weighted by Gasteiger charge is -1.98. The smallest absolute Gasteiger partial charge is 0.358 e. The summed E-state index contributed by atoms with van der Waals surface area (Å²) in [5.74, 6) is -0.662. The molecule has 1 aromatic heterocycles. The molecule has 0 bridgehead atoms. The average molecular weight is 257 g/mol. The third kappa shape index (κ3) is 3.25. The van der Waals surface area contributed by atoms with E-state index in [0.717, 1.165) is 5.56 Å². The van der Waals surface area contributed by atoms with Gasteiger partial charge in [0, 0.05) is 11.8 Å². The van der Waals surface area contributed by atoms with Crippen LogP contribution >= 0.6 is 0 Å². The Morgan fingerprint density at radius 1 is 1.32 bits per heavy atom. The molecule has 0 aliphatic heterocycles. The largest absolute Gasteiger partial charge is 0.505 e. The summed E-state index contributed by atoms with van der Waals surface area (Å²) in [5.41, 5.74) is 1.76. The van der Waals surface area contributed by atoms with Crippen LogP contribution in [0, 0.1) is 0 Å². The topological polar surface area (TPSA) is 62.3 Å². The average Bonchev–Trinajstić information content (AvgIpc) is 2.79. The molecule has 0 aliphatic carbocycles. The highest BCUT2D eigenvalue weighted by molar-refractivity contribution is 5.91. The van der Waals surface area contributed by atoms with Crippen molar-refractivity contribution in [3.63, 3.8) is 0 Å². The van der Waals surface area contributed by atoms with Gasteiger partial charge in [0.1, 0.15) is 5.75 Å². The SMILES string of the molecule is CCOC(=O)c1[nH]c(/C=C/c2ccccc2)cc1O. The molecule has 0 radical (unpaired) electrons. The van der Waals surface area contributed by atoms with Crippen molar-refractivity contribution >= 4 is 18.1 Å². The van der Waals surface area contributed by atoms with Crippen LogP contribution in [0.1, 0.15) is 28.7 Å². The lowest BCUT2D eigenvalue weighted by atomic mass is 10.2. The summed E-state index contributed by atoms with van der Waals surface area (Å²) >= 11 is 0. The number of nitrogens with one attached hydrogen (secondary N) is 1. The Balaban J connectivity index is 2.16. The zero-order valence-corrected chi connectivity index (χ0v) is 10.6. The summed E-state index contributed by atoms with van der Waals surface area (Å²) in [4.78, 5) is 14.3. The van der Waals surface area contributed by atoms with Gasteiger partial charge in [0.25, 0.3) is 0 Å². The summed E-state index contributed by atoms with van der Waals surface area (Å²) in [6.45, 7) is 1.99. The van der Waals surface area contributed by atoms with E-state index in [4.69, 9.17) is 4.74 Å². The van der Waals surface area contributed by atoms with E-state index in [1.807, 2.05) is 36.4 Å². The summed E-state index contributed by atoms with van der Waals surface area (Å²) in [6.07, 6.45) is 3.68. The first-order valence-corrected chi connectivity index (χ1v) is 6.03. The van der Waals surface area contributed by atoms with E-state index >= 15 is 0 Å². The number of H-pyrrole nitrogens is 1. The van der Waals surface area contributed by atoms with Crippen LogP contribution in [0.5, 0.6) is 5.75 Å². The van der Waals surface area contributed by atoms with E-state index < -0.39 is 5.97 Å². The molecule has 19 heavy (non-hydrogen) atoms. The van der Waals surface area contributed by atoms with Gasteiger partial charge in [-0.3, -0.25) is 0 Å². The van der Waals surface area contributed by atoms with Crippen molar-refractivity contribution in [2.45, 2.75) is 6.92 Å². The van der Waals surface area contributed by atoms with Crippen molar-refractivity contribution in [3.05, 3.63) is 53.3 Å². The third-order valence-electron chi connectivity index (χ3n) is 2.55. The van der Waals surface area contributed by atoms with Crippen LogP contribution < -0.4 is 0 Å². The number of aromatic nitrogens is 1. The van der Waals surface area contributed by atoms with E-state index in [1.54, 1.807) is 13.0 Å². The Kier molecular flexibility index (Phi) is 4.03. The molecule has 0 amide bonds. The van der Waals surface area contributed by atoms with Gasteiger partial charge in [0.15, 0.2) is 5.69 Å². The van der Waals surface area contributed by atoms with E-state index in [0.29, 0.717) is 5.69 Å². The molecular formula is C15H15NO3. The first kappa shape index (κ1) is 13.0. The molecule has 1 heterocycles. The monoisotopic (exact) mass is 257 g/mol. The molecule has 2 N–H and O–H groups in total. The minimum atomic E-state index is -0.556. The molecule has 98 valence electrons. The van der Waals surface area contributed by atoms with Crippen LogP contribution in [0.4, 0.5) is 0 Å². The fourth-order valence-electron chi connectivity index (χ4n) is 1.66. The Hall–Kier alpha value is -2.49. The highest BCUT2D eigenvalue weighted by atomic mass is 16.5. The molecule has 0 unspecified atom stereocenters. The fraction of sp³-hybridized carbons (Fsp3) is 0.133. The van der Waals surface area contributed by atoms with Gasteiger partial charge in [0.2, 0.25) is 0 Å². The molecule has 0 atom stereocenters. The number of aromatic hydroxyl groups is 1. The molecule has 0 spiro atoms. The number of esters is 1. The zero-order chi connectivity index (χ0) is 13.7. The number of carbonyl (C=O) groups excluding carboxylic acids is 1. The molecule has 2 rings (SSSR count). The summed E-state index contributed by atoms with van der Waals surface area (Å²) in [5, 5.41) is 9.66. The van der Waals surface area contributed by atoms with Gasteiger partial charge >= 0.3 is 5.97 Å². The van der Waals surface area contributed by atoms with E-state index in [9.17, 15) is 9.90 Å². The van der Waals surface area contributed by atoms with Crippen molar-refractivity contribution in [1.29, 1.82) is 0 Å². The summed E-state index contributed by atoms with van der Waals surface area (Å²) in [6, 6.07) is 11.2. The lowest BCUT2D eigenvalue weighted by molar-refractivity contribution is 0.0517. The number of hydrogen-bond acceptors (Lipinski definition) is 3. The highest BCUT2D eigenvalue weighted by Gasteiger charge is 2.14. The van der Waals surface area contributed by atoms with Crippen molar-refractivity contribution in [1.82, 2.24) is 4.98 Å². The van der Waals surface area contributed by atoms with Crippen LogP contribution in [-0.2, 0) is 4.74 Å². The predicted octanol–water partition coefficient (Wildman–Crippen LogP) is 3.07. The van der Waals surface area contributed by atoms with Crippen LogP contribution in [0.25, 0.3) is 12.2 Å². The Morgan fingerprint density at radius 3 is 2.74 bits per heavy atom. The van der Waals surface area contributed by atoms with Crippen LogP contribution in [0.2, 0.25) is 0 Å². The number of carbonyl (C=O) groups is 1. The molecule has 4 heteroatoms. The Morgan fingerprint density at radius 2 is 2.05 bits per heavy atom. The van der Waals surface area contributed by atoms with E-state index in [-0.39, 0.29) is 18.1 Å².